The summed E-state index contributed by atoms with van der Waals surface area (Å²) in [7, 11) is 0. The predicted octanol–water partition coefficient (Wildman–Crippen LogP) is 5.79. The lowest BCUT2D eigenvalue weighted by Crippen LogP contribution is -1.88. The third kappa shape index (κ3) is 3.20. The van der Waals surface area contributed by atoms with Gasteiger partial charge in [0.1, 0.15) is 0 Å². The molecule has 25 heavy (non-hydrogen) atoms. The zero-order valence-electron chi connectivity index (χ0n) is 14.1. The summed E-state index contributed by atoms with van der Waals surface area (Å²) in [6.07, 6.45) is 7.34. The van der Waals surface area contributed by atoms with Crippen LogP contribution in [0.2, 0.25) is 0 Å². The van der Waals surface area contributed by atoms with E-state index in [2.05, 4.69) is 59.4 Å². The van der Waals surface area contributed by atoms with Crippen molar-refractivity contribution in [1.29, 1.82) is 0 Å². The van der Waals surface area contributed by atoms with E-state index in [1.54, 1.807) is 0 Å². The first-order valence-corrected chi connectivity index (χ1v) is 8.33. The smallest absolute Gasteiger partial charge is 0.0273 e. The van der Waals surface area contributed by atoms with Crippen LogP contribution in [0.4, 0.5) is 0 Å². The monoisotopic (exact) mass is 322 g/mol. The third-order valence-electron chi connectivity index (χ3n) is 4.42. The van der Waals surface area contributed by atoms with Gasteiger partial charge in [-0.05, 0) is 88.3 Å². The standard InChI is InChI=1S/C23H18N2/c1-17-4-2-3-5-23(17)22-15-20(18-6-10-24-11-7-18)14-21(16-22)19-8-12-25-13-9-19/h2-16H,1H3. The van der Waals surface area contributed by atoms with Gasteiger partial charge in [0.25, 0.3) is 0 Å². The van der Waals surface area contributed by atoms with Crippen molar-refractivity contribution in [3.05, 3.63) is 97.1 Å². The van der Waals surface area contributed by atoms with Crippen molar-refractivity contribution >= 4 is 0 Å². The van der Waals surface area contributed by atoms with Crippen LogP contribution in [-0.4, -0.2) is 9.97 Å². The van der Waals surface area contributed by atoms with Crippen molar-refractivity contribution in [1.82, 2.24) is 9.97 Å². The number of nitrogens with zero attached hydrogens (tertiary/aromatic N) is 2. The van der Waals surface area contributed by atoms with Gasteiger partial charge in [-0.3, -0.25) is 9.97 Å². The Morgan fingerprint density at radius 2 is 1.00 bits per heavy atom. The first-order valence-electron chi connectivity index (χ1n) is 8.33. The van der Waals surface area contributed by atoms with Crippen molar-refractivity contribution < 1.29 is 0 Å². The number of rotatable bonds is 3. The van der Waals surface area contributed by atoms with E-state index >= 15 is 0 Å². The van der Waals surface area contributed by atoms with Crippen LogP contribution < -0.4 is 0 Å². The van der Waals surface area contributed by atoms with Gasteiger partial charge in [0.05, 0.1) is 0 Å². The minimum absolute atomic E-state index is 1.17. The van der Waals surface area contributed by atoms with E-state index in [1.165, 1.54) is 38.9 Å². The molecule has 0 bridgehead atoms. The summed E-state index contributed by atoms with van der Waals surface area (Å²) in [5.41, 5.74) is 8.47. The van der Waals surface area contributed by atoms with Gasteiger partial charge in [-0.15, -0.1) is 0 Å². The summed E-state index contributed by atoms with van der Waals surface area (Å²) in [6.45, 7) is 2.15. The fraction of sp³-hybridized carbons (Fsp3) is 0.0435. The van der Waals surface area contributed by atoms with Gasteiger partial charge in [0.2, 0.25) is 0 Å². The average molecular weight is 322 g/mol. The van der Waals surface area contributed by atoms with Gasteiger partial charge >= 0.3 is 0 Å². The second kappa shape index (κ2) is 6.70. The summed E-state index contributed by atoms with van der Waals surface area (Å²) in [6, 6.07) is 23.4. The Hall–Kier alpha value is -3.26. The van der Waals surface area contributed by atoms with Crippen molar-refractivity contribution in [3.63, 3.8) is 0 Å². The Morgan fingerprint density at radius 3 is 1.52 bits per heavy atom. The lowest BCUT2D eigenvalue weighted by Gasteiger charge is -2.12. The predicted molar refractivity (Wildman–Crippen MR) is 103 cm³/mol. The molecule has 0 saturated carbocycles. The molecule has 2 nitrogen and oxygen atoms in total. The molecular formula is C23H18N2. The van der Waals surface area contributed by atoms with Crippen LogP contribution in [0.5, 0.6) is 0 Å². The highest BCUT2D eigenvalue weighted by atomic mass is 14.6. The number of hydrogen-bond acceptors (Lipinski definition) is 2. The number of benzene rings is 2. The molecule has 0 N–H and O–H groups in total. The second-order valence-corrected chi connectivity index (χ2v) is 6.09. The SMILES string of the molecule is Cc1ccccc1-c1cc(-c2ccncc2)cc(-c2ccncc2)c1. The Balaban J connectivity index is 1.94. The fourth-order valence-corrected chi connectivity index (χ4v) is 3.10. The molecule has 0 aliphatic rings. The molecular weight excluding hydrogens is 304 g/mol. The maximum atomic E-state index is 4.14. The van der Waals surface area contributed by atoms with E-state index in [0.29, 0.717) is 0 Å². The highest BCUT2D eigenvalue weighted by Crippen LogP contribution is 2.33. The highest BCUT2D eigenvalue weighted by Gasteiger charge is 2.08. The number of aryl methyl sites for hydroxylation is 1. The molecule has 4 rings (SSSR count). The molecule has 0 amide bonds. The Morgan fingerprint density at radius 1 is 0.520 bits per heavy atom. The van der Waals surface area contributed by atoms with Crippen molar-refractivity contribution in [2.24, 2.45) is 0 Å². The average Bonchev–Trinajstić information content (AvgIpc) is 2.69. The maximum absolute atomic E-state index is 4.14. The van der Waals surface area contributed by atoms with Gasteiger partial charge in [0.15, 0.2) is 0 Å². The summed E-state index contributed by atoms with van der Waals surface area (Å²) < 4.78 is 0. The molecule has 2 aromatic heterocycles. The molecule has 0 spiro atoms. The van der Waals surface area contributed by atoms with Gasteiger partial charge < -0.3 is 0 Å². The van der Waals surface area contributed by atoms with Crippen LogP contribution in [0.3, 0.4) is 0 Å². The molecule has 0 aliphatic carbocycles. The fourth-order valence-electron chi connectivity index (χ4n) is 3.10. The van der Waals surface area contributed by atoms with E-state index in [9.17, 15) is 0 Å². The van der Waals surface area contributed by atoms with Gasteiger partial charge in [-0.25, -0.2) is 0 Å². The van der Waals surface area contributed by atoms with Crippen molar-refractivity contribution in [2.45, 2.75) is 6.92 Å². The van der Waals surface area contributed by atoms with Crippen LogP contribution in [-0.2, 0) is 0 Å². The summed E-state index contributed by atoms with van der Waals surface area (Å²) in [4.78, 5) is 8.28. The third-order valence-corrected chi connectivity index (χ3v) is 4.42. The molecule has 4 aromatic rings. The van der Waals surface area contributed by atoms with E-state index in [-0.39, 0.29) is 0 Å². The maximum Gasteiger partial charge on any atom is 0.0273 e. The van der Waals surface area contributed by atoms with Crippen molar-refractivity contribution in [2.75, 3.05) is 0 Å². The number of hydrogen-bond donors (Lipinski definition) is 0. The quantitative estimate of drug-likeness (QED) is 0.477. The largest absolute Gasteiger partial charge is 0.265 e. The highest BCUT2D eigenvalue weighted by molar-refractivity contribution is 5.81. The molecule has 0 aliphatic heterocycles. The van der Waals surface area contributed by atoms with E-state index in [4.69, 9.17) is 0 Å². The molecule has 0 saturated heterocycles. The summed E-state index contributed by atoms with van der Waals surface area (Å²) >= 11 is 0. The molecule has 2 heterocycles. The molecule has 120 valence electrons. The van der Waals surface area contributed by atoms with Crippen molar-refractivity contribution in [3.8, 4) is 33.4 Å². The van der Waals surface area contributed by atoms with E-state index in [0.717, 1.165) is 0 Å². The van der Waals surface area contributed by atoms with Crippen LogP contribution in [0, 0.1) is 6.92 Å². The van der Waals surface area contributed by atoms with Gasteiger partial charge in [-0.2, -0.15) is 0 Å². The molecule has 0 unspecified atom stereocenters. The molecule has 0 fully saturated rings. The first-order chi connectivity index (χ1) is 12.3. The summed E-state index contributed by atoms with van der Waals surface area (Å²) in [5, 5.41) is 0. The van der Waals surface area contributed by atoms with Gasteiger partial charge in [-0.1, -0.05) is 24.3 Å². The van der Waals surface area contributed by atoms with Crippen LogP contribution in [0.1, 0.15) is 5.56 Å². The topological polar surface area (TPSA) is 25.8 Å². The van der Waals surface area contributed by atoms with Crippen LogP contribution >= 0.6 is 0 Å². The van der Waals surface area contributed by atoms with Crippen LogP contribution in [0.15, 0.2) is 91.5 Å². The lowest BCUT2D eigenvalue weighted by molar-refractivity contribution is 1.32. The second-order valence-electron chi connectivity index (χ2n) is 6.09. The lowest BCUT2D eigenvalue weighted by atomic mass is 9.92. The number of pyridine rings is 2. The molecule has 2 heteroatoms. The zero-order valence-corrected chi connectivity index (χ0v) is 14.1. The zero-order chi connectivity index (χ0) is 17.1. The Kier molecular flexibility index (Phi) is 4.09. The normalized spacial score (nSPS) is 10.6. The van der Waals surface area contributed by atoms with Gasteiger partial charge in [0, 0.05) is 24.8 Å². The molecule has 2 aromatic carbocycles. The first kappa shape index (κ1) is 15.3. The molecule has 0 atom stereocenters. The van der Waals surface area contributed by atoms with E-state index in [1.807, 2.05) is 49.1 Å². The minimum Gasteiger partial charge on any atom is -0.265 e. The summed E-state index contributed by atoms with van der Waals surface area (Å²) in [5.74, 6) is 0. The minimum atomic E-state index is 1.17. The molecule has 0 radical (unpaired) electrons. The number of aromatic nitrogens is 2. The van der Waals surface area contributed by atoms with Crippen LogP contribution in [0.25, 0.3) is 33.4 Å². The Bertz CT molecular complexity index is 935. The Labute approximate surface area is 147 Å². The van der Waals surface area contributed by atoms with E-state index < -0.39 is 0 Å².